The molecule has 1 rings (SSSR count). The number of aliphatic hydroxyl groups excluding tert-OH is 1. The number of alkyl halides is 3. The smallest absolute Gasteiger partial charge is 0.416 e. The maximum absolute atomic E-state index is 12.5. The van der Waals surface area contributed by atoms with Gasteiger partial charge < -0.3 is 9.84 Å². The SMILES string of the molecule is CCOC(=O)C[C@@H](O)Cc1cccc(C(F)(F)F)c1. The van der Waals surface area contributed by atoms with Crippen molar-refractivity contribution in [1.29, 1.82) is 0 Å². The van der Waals surface area contributed by atoms with Crippen molar-refractivity contribution in [2.45, 2.75) is 32.0 Å². The molecule has 0 saturated heterocycles. The van der Waals surface area contributed by atoms with Crippen LogP contribution in [0.3, 0.4) is 0 Å². The molecule has 19 heavy (non-hydrogen) atoms. The van der Waals surface area contributed by atoms with Gasteiger partial charge in [0.2, 0.25) is 0 Å². The number of rotatable bonds is 5. The lowest BCUT2D eigenvalue weighted by Crippen LogP contribution is -2.18. The molecule has 0 aromatic heterocycles. The van der Waals surface area contributed by atoms with Crippen molar-refractivity contribution in [3.63, 3.8) is 0 Å². The van der Waals surface area contributed by atoms with E-state index in [4.69, 9.17) is 0 Å². The van der Waals surface area contributed by atoms with E-state index in [1.165, 1.54) is 12.1 Å². The van der Waals surface area contributed by atoms with Gasteiger partial charge in [0.1, 0.15) is 0 Å². The second-order valence-corrected chi connectivity index (χ2v) is 4.07. The van der Waals surface area contributed by atoms with Gasteiger partial charge in [-0.05, 0) is 25.0 Å². The van der Waals surface area contributed by atoms with E-state index in [0.29, 0.717) is 5.56 Å². The number of halogens is 3. The Labute approximate surface area is 109 Å². The Morgan fingerprint density at radius 3 is 2.68 bits per heavy atom. The van der Waals surface area contributed by atoms with Crippen LogP contribution in [0.1, 0.15) is 24.5 Å². The third-order valence-electron chi connectivity index (χ3n) is 2.43. The normalized spacial score (nSPS) is 13.1. The number of carbonyl (C=O) groups excluding carboxylic acids is 1. The largest absolute Gasteiger partial charge is 0.466 e. The first kappa shape index (κ1) is 15.5. The second-order valence-electron chi connectivity index (χ2n) is 4.07. The first-order valence-corrected chi connectivity index (χ1v) is 5.82. The van der Waals surface area contributed by atoms with Crippen LogP contribution in [0.5, 0.6) is 0 Å². The van der Waals surface area contributed by atoms with Crippen molar-refractivity contribution in [2.24, 2.45) is 0 Å². The van der Waals surface area contributed by atoms with E-state index in [1.807, 2.05) is 0 Å². The fourth-order valence-electron chi connectivity index (χ4n) is 1.63. The molecule has 0 aliphatic carbocycles. The van der Waals surface area contributed by atoms with Crippen LogP contribution in [0.4, 0.5) is 13.2 Å². The van der Waals surface area contributed by atoms with E-state index in [-0.39, 0.29) is 19.4 Å². The zero-order chi connectivity index (χ0) is 14.5. The summed E-state index contributed by atoms with van der Waals surface area (Å²) in [5.74, 6) is -0.568. The van der Waals surface area contributed by atoms with Crippen LogP contribution in [-0.4, -0.2) is 23.8 Å². The molecule has 1 aromatic carbocycles. The average Bonchev–Trinajstić information content (AvgIpc) is 2.28. The molecule has 0 spiro atoms. The highest BCUT2D eigenvalue weighted by Crippen LogP contribution is 2.29. The lowest BCUT2D eigenvalue weighted by Gasteiger charge is -2.12. The van der Waals surface area contributed by atoms with Gasteiger partial charge in [0.15, 0.2) is 0 Å². The quantitative estimate of drug-likeness (QED) is 0.841. The van der Waals surface area contributed by atoms with Gasteiger partial charge in [-0.1, -0.05) is 18.2 Å². The molecule has 0 bridgehead atoms. The van der Waals surface area contributed by atoms with Crippen LogP contribution < -0.4 is 0 Å². The number of carbonyl (C=O) groups is 1. The average molecular weight is 276 g/mol. The van der Waals surface area contributed by atoms with Crippen LogP contribution >= 0.6 is 0 Å². The summed E-state index contributed by atoms with van der Waals surface area (Å²) in [6.07, 6.45) is -5.72. The molecule has 0 unspecified atom stereocenters. The Bertz CT molecular complexity index is 429. The van der Waals surface area contributed by atoms with E-state index in [9.17, 15) is 23.1 Å². The van der Waals surface area contributed by atoms with E-state index >= 15 is 0 Å². The molecule has 6 heteroatoms. The number of benzene rings is 1. The summed E-state index contributed by atoms with van der Waals surface area (Å²) in [5.41, 5.74) is -0.444. The van der Waals surface area contributed by atoms with Gasteiger partial charge in [-0.3, -0.25) is 4.79 Å². The highest BCUT2D eigenvalue weighted by Gasteiger charge is 2.30. The second kappa shape index (κ2) is 6.56. The number of esters is 1. The summed E-state index contributed by atoms with van der Waals surface area (Å²) in [7, 11) is 0. The minimum Gasteiger partial charge on any atom is -0.466 e. The fraction of sp³-hybridized carbons (Fsp3) is 0.462. The fourth-order valence-corrected chi connectivity index (χ4v) is 1.63. The molecule has 0 aliphatic rings. The van der Waals surface area contributed by atoms with Gasteiger partial charge in [-0.15, -0.1) is 0 Å². The first-order valence-electron chi connectivity index (χ1n) is 5.82. The molecule has 0 amide bonds. The molecule has 0 aliphatic heterocycles. The van der Waals surface area contributed by atoms with Gasteiger partial charge >= 0.3 is 12.1 Å². The van der Waals surface area contributed by atoms with Crippen LogP contribution in [0.15, 0.2) is 24.3 Å². The summed E-state index contributed by atoms with van der Waals surface area (Å²) in [4.78, 5) is 11.1. The Hall–Kier alpha value is -1.56. The molecule has 3 nitrogen and oxygen atoms in total. The zero-order valence-corrected chi connectivity index (χ0v) is 10.4. The third-order valence-corrected chi connectivity index (χ3v) is 2.43. The Kier molecular flexibility index (Phi) is 5.35. The van der Waals surface area contributed by atoms with Gasteiger partial charge in [0, 0.05) is 0 Å². The van der Waals surface area contributed by atoms with Crippen molar-refractivity contribution in [3.05, 3.63) is 35.4 Å². The topological polar surface area (TPSA) is 46.5 Å². The molecular weight excluding hydrogens is 261 g/mol. The lowest BCUT2D eigenvalue weighted by atomic mass is 10.0. The summed E-state index contributed by atoms with van der Waals surface area (Å²) in [6, 6.07) is 4.68. The van der Waals surface area contributed by atoms with Gasteiger partial charge in [-0.2, -0.15) is 13.2 Å². The highest BCUT2D eigenvalue weighted by molar-refractivity contribution is 5.69. The predicted molar refractivity (Wildman–Crippen MR) is 62.4 cm³/mol. The summed E-state index contributed by atoms with van der Waals surface area (Å²) in [5, 5.41) is 9.61. The Morgan fingerprint density at radius 2 is 2.11 bits per heavy atom. The molecule has 0 radical (unpaired) electrons. The molecule has 1 aromatic rings. The summed E-state index contributed by atoms with van der Waals surface area (Å²) >= 11 is 0. The Balaban J connectivity index is 2.64. The van der Waals surface area contributed by atoms with Crippen LogP contribution in [-0.2, 0) is 22.1 Å². The maximum atomic E-state index is 12.5. The lowest BCUT2D eigenvalue weighted by molar-refractivity contribution is -0.145. The van der Waals surface area contributed by atoms with Gasteiger partial charge in [0.05, 0.1) is 24.7 Å². The minimum atomic E-state index is -4.41. The standard InChI is InChI=1S/C13H15F3O3/c1-2-19-12(18)8-11(17)7-9-4-3-5-10(6-9)13(14,15)16/h3-6,11,17H,2,7-8H2,1H3/t11-/m0/s1. The number of hydrogen-bond donors (Lipinski definition) is 1. The van der Waals surface area contributed by atoms with Gasteiger partial charge in [-0.25, -0.2) is 0 Å². The number of aliphatic hydroxyl groups is 1. The summed E-state index contributed by atoms with van der Waals surface area (Å²) in [6.45, 7) is 1.84. The van der Waals surface area contributed by atoms with E-state index in [1.54, 1.807) is 6.92 Å². The van der Waals surface area contributed by atoms with E-state index in [2.05, 4.69) is 4.74 Å². The molecule has 106 valence electrons. The van der Waals surface area contributed by atoms with E-state index < -0.39 is 23.8 Å². The van der Waals surface area contributed by atoms with Crippen molar-refractivity contribution in [1.82, 2.24) is 0 Å². The molecule has 0 saturated carbocycles. The van der Waals surface area contributed by atoms with Crippen LogP contribution in [0, 0.1) is 0 Å². The maximum Gasteiger partial charge on any atom is 0.416 e. The van der Waals surface area contributed by atoms with Crippen molar-refractivity contribution in [3.8, 4) is 0 Å². The summed E-state index contributed by atoms with van der Waals surface area (Å²) < 4.78 is 42.1. The molecule has 0 heterocycles. The van der Waals surface area contributed by atoms with Crippen molar-refractivity contribution in [2.75, 3.05) is 6.61 Å². The molecule has 0 fully saturated rings. The third kappa shape index (κ3) is 5.30. The van der Waals surface area contributed by atoms with Crippen molar-refractivity contribution < 1.29 is 27.8 Å². The first-order chi connectivity index (χ1) is 8.82. The molecule has 1 N–H and O–H groups in total. The van der Waals surface area contributed by atoms with Gasteiger partial charge in [0.25, 0.3) is 0 Å². The van der Waals surface area contributed by atoms with Crippen molar-refractivity contribution >= 4 is 5.97 Å². The minimum absolute atomic E-state index is 0.0251. The number of hydrogen-bond acceptors (Lipinski definition) is 3. The van der Waals surface area contributed by atoms with Crippen LogP contribution in [0.25, 0.3) is 0 Å². The monoisotopic (exact) mass is 276 g/mol. The van der Waals surface area contributed by atoms with Crippen LogP contribution in [0.2, 0.25) is 0 Å². The predicted octanol–water partition coefficient (Wildman–Crippen LogP) is 2.56. The zero-order valence-electron chi connectivity index (χ0n) is 10.4. The molecule has 1 atom stereocenters. The van der Waals surface area contributed by atoms with E-state index in [0.717, 1.165) is 12.1 Å². The number of ether oxygens (including phenoxy) is 1. The highest BCUT2D eigenvalue weighted by atomic mass is 19.4. The molecular formula is C13H15F3O3. The Morgan fingerprint density at radius 1 is 1.42 bits per heavy atom.